The summed E-state index contributed by atoms with van der Waals surface area (Å²) in [6.45, 7) is 8.78. The van der Waals surface area contributed by atoms with Crippen LogP contribution >= 0.6 is 11.3 Å². The Hall–Kier alpha value is -1.59. The Morgan fingerprint density at radius 3 is 2.39 bits per heavy atom. The number of thiophene rings is 1. The normalized spacial score (nSPS) is 11.3. The molecule has 1 aromatic carbocycles. The highest BCUT2D eigenvalue weighted by Gasteiger charge is 2.15. The Bertz CT molecular complexity index is 609. The minimum atomic E-state index is 0.151. The molecule has 0 spiro atoms. The third kappa shape index (κ3) is 2.47. The van der Waals surface area contributed by atoms with Crippen molar-refractivity contribution in [3.63, 3.8) is 0 Å². The SMILES string of the molecule is Cc1ccc(C(C)(C)C)cc1-c1ccc(C#N)s1. The van der Waals surface area contributed by atoms with Crippen LogP contribution in [0.1, 0.15) is 36.8 Å². The molecule has 0 amide bonds. The Labute approximate surface area is 113 Å². The fraction of sp³-hybridized carbons (Fsp3) is 0.312. The molecular weight excluding hydrogens is 238 g/mol. The van der Waals surface area contributed by atoms with Gasteiger partial charge in [-0.15, -0.1) is 11.3 Å². The maximum atomic E-state index is 8.91. The van der Waals surface area contributed by atoms with Crippen LogP contribution in [0.15, 0.2) is 30.3 Å². The van der Waals surface area contributed by atoms with E-state index in [-0.39, 0.29) is 5.41 Å². The van der Waals surface area contributed by atoms with Crippen LogP contribution in [0.2, 0.25) is 0 Å². The molecule has 0 aliphatic heterocycles. The van der Waals surface area contributed by atoms with Crippen LogP contribution in [0.4, 0.5) is 0 Å². The maximum absolute atomic E-state index is 8.91. The third-order valence-electron chi connectivity index (χ3n) is 3.09. The van der Waals surface area contributed by atoms with Crippen molar-refractivity contribution >= 4 is 11.3 Å². The van der Waals surface area contributed by atoms with Crippen molar-refractivity contribution in [2.45, 2.75) is 33.1 Å². The molecule has 2 aromatic rings. The van der Waals surface area contributed by atoms with Gasteiger partial charge in [-0.2, -0.15) is 5.26 Å². The fourth-order valence-corrected chi connectivity index (χ4v) is 2.78. The van der Waals surface area contributed by atoms with Gasteiger partial charge in [-0.05, 0) is 47.2 Å². The topological polar surface area (TPSA) is 23.8 Å². The standard InChI is InChI=1S/C16H17NS/c1-11-5-6-12(16(2,3)4)9-14(11)15-8-7-13(10-17)18-15/h5-9H,1-4H3. The fourth-order valence-electron chi connectivity index (χ4n) is 1.90. The highest BCUT2D eigenvalue weighted by molar-refractivity contribution is 7.16. The molecule has 18 heavy (non-hydrogen) atoms. The average molecular weight is 255 g/mol. The predicted octanol–water partition coefficient (Wildman–Crippen LogP) is 4.89. The summed E-state index contributed by atoms with van der Waals surface area (Å²) in [6.07, 6.45) is 0. The first-order valence-corrected chi connectivity index (χ1v) is 6.85. The second-order valence-corrected chi connectivity index (χ2v) is 6.64. The van der Waals surface area contributed by atoms with E-state index in [0.717, 1.165) is 4.88 Å². The van der Waals surface area contributed by atoms with Gasteiger partial charge in [0, 0.05) is 4.88 Å². The average Bonchev–Trinajstić information content (AvgIpc) is 2.76. The molecule has 0 saturated heterocycles. The molecule has 0 bridgehead atoms. The van der Waals surface area contributed by atoms with Crippen LogP contribution in [0, 0.1) is 18.3 Å². The molecule has 0 unspecified atom stereocenters. The lowest BCUT2D eigenvalue weighted by atomic mass is 9.85. The summed E-state index contributed by atoms with van der Waals surface area (Å²) in [6, 6.07) is 12.7. The van der Waals surface area contributed by atoms with Crippen molar-refractivity contribution in [3.05, 3.63) is 46.3 Å². The number of aryl methyl sites for hydroxylation is 1. The zero-order valence-corrected chi connectivity index (χ0v) is 12.1. The Morgan fingerprint density at radius 2 is 1.83 bits per heavy atom. The van der Waals surface area contributed by atoms with E-state index in [0.29, 0.717) is 0 Å². The first kappa shape index (κ1) is 12.9. The largest absolute Gasteiger partial charge is 0.192 e. The zero-order chi connectivity index (χ0) is 13.3. The molecule has 1 aromatic heterocycles. The van der Waals surface area contributed by atoms with Crippen LogP contribution in [-0.4, -0.2) is 0 Å². The molecule has 2 heteroatoms. The van der Waals surface area contributed by atoms with Crippen LogP contribution in [0.5, 0.6) is 0 Å². The van der Waals surface area contributed by atoms with E-state index in [9.17, 15) is 0 Å². The van der Waals surface area contributed by atoms with Gasteiger partial charge in [0.15, 0.2) is 0 Å². The first-order chi connectivity index (χ1) is 8.41. The summed E-state index contributed by atoms with van der Waals surface area (Å²) in [7, 11) is 0. The van der Waals surface area contributed by atoms with E-state index in [1.807, 2.05) is 12.1 Å². The van der Waals surface area contributed by atoms with Gasteiger partial charge in [0.1, 0.15) is 10.9 Å². The van der Waals surface area contributed by atoms with Crippen LogP contribution in [0.3, 0.4) is 0 Å². The van der Waals surface area contributed by atoms with Crippen molar-refractivity contribution in [1.29, 1.82) is 5.26 Å². The van der Waals surface area contributed by atoms with Gasteiger partial charge in [0.25, 0.3) is 0 Å². The van der Waals surface area contributed by atoms with Gasteiger partial charge >= 0.3 is 0 Å². The molecule has 0 radical (unpaired) electrons. The Morgan fingerprint density at radius 1 is 1.11 bits per heavy atom. The lowest BCUT2D eigenvalue weighted by Crippen LogP contribution is -2.11. The lowest BCUT2D eigenvalue weighted by molar-refractivity contribution is 0.590. The smallest absolute Gasteiger partial charge is 0.110 e. The minimum absolute atomic E-state index is 0.151. The zero-order valence-electron chi connectivity index (χ0n) is 11.2. The highest BCUT2D eigenvalue weighted by atomic mass is 32.1. The van der Waals surface area contributed by atoms with Gasteiger partial charge in [-0.25, -0.2) is 0 Å². The number of hydrogen-bond donors (Lipinski definition) is 0. The van der Waals surface area contributed by atoms with E-state index in [4.69, 9.17) is 5.26 Å². The molecule has 92 valence electrons. The van der Waals surface area contributed by atoms with Gasteiger partial charge < -0.3 is 0 Å². The van der Waals surface area contributed by atoms with Gasteiger partial charge in [0.2, 0.25) is 0 Å². The number of nitrogens with zero attached hydrogens (tertiary/aromatic N) is 1. The van der Waals surface area contributed by atoms with E-state index in [1.165, 1.54) is 21.6 Å². The number of nitriles is 1. The van der Waals surface area contributed by atoms with E-state index < -0.39 is 0 Å². The second-order valence-electron chi connectivity index (χ2n) is 5.56. The molecule has 0 aliphatic rings. The molecule has 2 rings (SSSR count). The van der Waals surface area contributed by atoms with Crippen LogP contribution in [-0.2, 0) is 5.41 Å². The molecule has 0 aliphatic carbocycles. The summed E-state index contributed by atoms with van der Waals surface area (Å²) in [5, 5.41) is 8.91. The first-order valence-electron chi connectivity index (χ1n) is 6.03. The number of hydrogen-bond acceptors (Lipinski definition) is 2. The molecule has 0 N–H and O–H groups in total. The minimum Gasteiger partial charge on any atom is -0.192 e. The van der Waals surface area contributed by atoms with Crippen LogP contribution < -0.4 is 0 Å². The Balaban J connectivity index is 2.54. The van der Waals surface area contributed by atoms with Crippen molar-refractivity contribution in [1.82, 2.24) is 0 Å². The van der Waals surface area contributed by atoms with Gasteiger partial charge in [0.05, 0.1) is 0 Å². The lowest BCUT2D eigenvalue weighted by Gasteiger charge is -2.20. The van der Waals surface area contributed by atoms with Crippen molar-refractivity contribution < 1.29 is 0 Å². The second kappa shape index (κ2) is 4.59. The Kier molecular flexibility index (Phi) is 3.28. The summed E-state index contributed by atoms with van der Waals surface area (Å²) >= 11 is 1.56. The summed E-state index contributed by atoms with van der Waals surface area (Å²) < 4.78 is 0. The highest BCUT2D eigenvalue weighted by Crippen LogP contribution is 2.33. The predicted molar refractivity (Wildman–Crippen MR) is 77.9 cm³/mol. The van der Waals surface area contributed by atoms with Gasteiger partial charge in [-0.1, -0.05) is 32.9 Å². The summed E-state index contributed by atoms with van der Waals surface area (Å²) in [5.41, 5.74) is 3.98. The summed E-state index contributed by atoms with van der Waals surface area (Å²) in [4.78, 5) is 1.95. The summed E-state index contributed by atoms with van der Waals surface area (Å²) in [5.74, 6) is 0. The van der Waals surface area contributed by atoms with E-state index in [1.54, 1.807) is 11.3 Å². The number of rotatable bonds is 1. The third-order valence-corrected chi connectivity index (χ3v) is 4.11. The van der Waals surface area contributed by atoms with E-state index >= 15 is 0 Å². The van der Waals surface area contributed by atoms with E-state index in [2.05, 4.69) is 52.0 Å². The quantitative estimate of drug-likeness (QED) is 0.711. The molecule has 1 nitrogen and oxygen atoms in total. The van der Waals surface area contributed by atoms with Crippen molar-refractivity contribution in [2.24, 2.45) is 0 Å². The number of benzene rings is 1. The molecule has 0 atom stereocenters. The molecular formula is C16H17NS. The molecule has 1 heterocycles. The monoisotopic (exact) mass is 255 g/mol. The molecule has 0 saturated carbocycles. The van der Waals surface area contributed by atoms with Crippen molar-refractivity contribution in [3.8, 4) is 16.5 Å². The van der Waals surface area contributed by atoms with Crippen LogP contribution in [0.25, 0.3) is 10.4 Å². The maximum Gasteiger partial charge on any atom is 0.110 e. The van der Waals surface area contributed by atoms with Crippen molar-refractivity contribution in [2.75, 3.05) is 0 Å². The van der Waals surface area contributed by atoms with Gasteiger partial charge in [-0.3, -0.25) is 0 Å². The molecule has 0 fully saturated rings.